The Hall–Kier alpha value is -0.410. The van der Waals surface area contributed by atoms with Gasteiger partial charge in [0.05, 0.1) is 6.04 Å². The molecule has 1 aromatic rings. The molecule has 1 unspecified atom stereocenters. The maximum atomic E-state index is 13.5. The topological polar surface area (TPSA) is 26.0 Å². The van der Waals surface area contributed by atoms with Crippen molar-refractivity contribution >= 4 is 15.9 Å². The lowest BCUT2D eigenvalue weighted by Gasteiger charge is -2.23. The minimum atomic E-state index is -1.39. The zero-order valence-corrected chi connectivity index (χ0v) is 9.31. The molecular weight excluding hydrogens is 233 g/mol. The molecule has 1 atom stereocenters. The fourth-order valence-corrected chi connectivity index (χ4v) is 1.51. The van der Waals surface area contributed by atoms with Gasteiger partial charge < -0.3 is 5.73 Å². The molecule has 3 heteroatoms. The summed E-state index contributed by atoms with van der Waals surface area (Å²) in [7, 11) is 0. The zero-order chi connectivity index (χ0) is 10.1. The van der Waals surface area contributed by atoms with Crippen LogP contribution < -0.4 is 5.73 Å². The smallest absolute Gasteiger partial charge is 0.124 e. The summed E-state index contributed by atoms with van der Waals surface area (Å²) in [4.78, 5) is 0. The van der Waals surface area contributed by atoms with E-state index in [-0.39, 0.29) is 0 Å². The van der Waals surface area contributed by atoms with Gasteiger partial charge in [-0.1, -0.05) is 28.1 Å². The van der Waals surface area contributed by atoms with Gasteiger partial charge in [0, 0.05) is 4.47 Å². The third kappa shape index (κ3) is 2.78. The highest BCUT2D eigenvalue weighted by Crippen LogP contribution is 2.27. The zero-order valence-electron chi connectivity index (χ0n) is 7.72. The number of halogens is 2. The summed E-state index contributed by atoms with van der Waals surface area (Å²) >= 11 is 3.32. The largest absolute Gasteiger partial charge is 0.321 e. The Balaban J connectivity index is 2.96. The fourth-order valence-electron chi connectivity index (χ4n) is 1.10. The third-order valence-corrected chi connectivity index (χ3v) is 2.44. The average molecular weight is 246 g/mol. The quantitative estimate of drug-likeness (QED) is 0.851. The van der Waals surface area contributed by atoms with Crippen molar-refractivity contribution in [3.8, 4) is 0 Å². The molecule has 0 radical (unpaired) electrons. The Morgan fingerprint density at radius 1 is 1.46 bits per heavy atom. The Kier molecular flexibility index (Phi) is 3.09. The van der Waals surface area contributed by atoms with E-state index in [1.165, 1.54) is 13.8 Å². The van der Waals surface area contributed by atoms with E-state index in [4.69, 9.17) is 5.73 Å². The highest BCUT2D eigenvalue weighted by molar-refractivity contribution is 9.10. The summed E-state index contributed by atoms with van der Waals surface area (Å²) < 4.78 is 14.4. The van der Waals surface area contributed by atoms with Gasteiger partial charge >= 0.3 is 0 Å². The highest BCUT2D eigenvalue weighted by Gasteiger charge is 2.26. The summed E-state index contributed by atoms with van der Waals surface area (Å²) in [6, 6.07) is 6.83. The van der Waals surface area contributed by atoms with Gasteiger partial charge in [0.25, 0.3) is 0 Å². The van der Waals surface area contributed by atoms with Crippen molar-refractivity contribution in [1.82, 2.24) is 0 Å². The van der Waals surface area contributed by atoms with E-state index in [1.807, 2.05) is 24.3 Å². The van der Waals surface area contributed by atoms with Crippen LogP contribution in [0.25, 0.3) is 0 Å². The normalized spacial score (nSPS) is 14.2. The van der Waals surface area contributed by atoms with E-state index in [0.717, 1.165) is 10.0 Å². The highest BCUT2D eigenvalue weighted by atomic mass is 79.9. The summed E-state index contributed by atoms with van der Waals surface area (Å²) in [6.07, 6.45) is 0. The molecule has 0 aliphatic carbocycles. The molecule has 0 aromatic heterocycles. The van der Waals surface area contributed by atoms with Gasteiger partial charge in [-0.2, -0.15) is 0 Å². The van der Waals surface area contributed by atoms with Crippen LogP contribution in [0.15, 0.2) is 28.7 Å². The molecule has 1 rings (SSSR count). The number of hydrogen-bond acceptors (Lipinski definition) is 1. The van der Waals surface area contributed by atoms with Crippen LogP contribution in [-0.2, 0) is 0 Å². The molecule has 0 aliphatic heterocycles. The summed E-state index contributed by atoms with van der Waals surface area (Å²) in [5, 5.41) is 0. The van der Waals surface area contributed by atoms with E-state index in [9.17, 15) is 4.39 Å². The van der Waals surface area contributed by atoms with Gasteiger partial charge in [-0.25, -0.2) is 4.39 Å². The lowest BCUT2D eigenvalue weighted by atomic mass is 9.94. The predicted octanol–water partition coefficient (Wildman–Crippen LogP) is 3.20. The maximum absolute atomic E-state index is 13.5. The summed E-state index contributed by atoms with van der Waals surface area (Å²) in [6.45, 7) is 2.97. The second kappa shape index (κ2) is 3.76. The van der Waals surface area contributed by atoms with E-state index < -0.39 is 11.7 Å². The third-order valence-electron chi connectivity index (χ3n) is 1.95. The SMILES string of the molecule is CC(C)(F)C(N)c1cccc(Br)c1. The molecule has 0 amide bonds. The standard InChI is InChI=1S/C10H13BrFN/c1-10(2,12)9(13)7-4-3-5-8(11)6-7/h3-6,9H,13H2,1-2H3. The Bertz CT molecular complexity index is 293. The number of nitrogens with two attached hydrogens (primary N) is 1. The van der Waals surface area contributed by atoms with Crippen molar-refractivity contribution in [2.24, 2.45) is 5.73 Å². The fraction of sp³-hybridized carbons (Fsp3) is 0.400. The molecule has 72 valence electrons. The molecule has 2 N–H and O–H groups in total. The van der Waals surface area contributed by atoms with Crippen molar-refractivity contribution in [2.45, 2.75) is 25.6 Å². The average Bonchev–Trinajstić information content (AvgIpc) is 2.01. The van der Waals surface area contributed by atoms with Crippen molar-refractivity contribution in [1.29, 1.82) is 0 Å². The van der Waals surface area contributed by atoms with Crippen molar-refractivity contribution in [3.63, 3.8) is 0 Å². The van der Waals surface area contributed by atoms with Gasteiger partial charge in [0.1, 0.15) is 5.67 Å². The molecule has 0 heterocycles. The minimum absolute atomic E-state index is 0.579. The van der Waals surface area contributed by atoms with Gasteiger partial charge in [-0.15, -0.1) is 0 Å². The molecule has 0 bridgehead atoms. The Labute approximate surface area is 86.3 Å². The molecule has 1 nitrogen and oxygen atoms in total. The monoisotopic (exact) mass is 245 g/mol. The van der Waals surface area contributed by atoms with E-state index in [1.54, 1.807) is 0 Å². The maximum Gasteiger partial charge on any atom is 0.124 e. The summed E-state index contributed by atoms with van der Waals surface area (Å²) in [5.74, 6) is 0. The first-order valence-electron chi connectivity index (χ1n) is 4.11. The van der Waals surface area contributed by atoms with Crippen LogP contribution >= 0.6 is 15.9 Å². The molecule has 0 aliphatic rings. The van der Waals surface area contributed by atoms with Gasteiger partial charge in [0.15, 0.2) is 0 Å². The van der Waals surface area contributed by atoms with Crippen LogP contribution in [0.2, 0.25) is 0 Å². The second-order valence-corrected chi connectivity index (χ2v) is 4.51. The number of alkyl halides is 1. The van der Waals surface area contributed by atoms with Gasteiger partial charge in [0.2, 0.25) is 0 Å². The van der Waals surface area contributed by atoms with Gasteiger partial charge in [-0.3, -0.25) is 0 Å². The first-order chi connectivity index (χ1) is 5.91. The molecule has 0 saturated heterocycles. The van der Waals surface area contributed by atoms with Crippen LogP contribution in [0.5, 0.6) is 0 Å². The van der Waals surface area contributed by atoms with E-state index in [2.05, 4.69) is 15.9 Å². The molecule has 0 fully saturated rings. The second-order valence-electron chi connectivity index (χ2n) is 3.60. The first-order valence-corrected chi connectivity index (χ1v) is 4.90. The molecule has 0 saturated carbocycles. The van der Waals surface area contributed by atoms with Crippen molar-refractivity contribution in [3.05, 3.63) is 34.3 Å². The molecule has 13 heavy (non-hydrogen) atoms. The predicted molar refractivity (Wildman–Crippen MR) is 56.3 cm³/mol. The van der Waals surface area contributed by atoms with Crippen LogP contribution in [0.3, 0.4) is 0 Å². The van der Waals surface area contributed by atoms with Crippen molar-refractivity contribution in [2.75, 3.05) is 0 Å². The minimum Gasteiger partial charge on any atom is -0.321 e. The van der Waals surface area contributed by atoms with Crippen LogP contribution in [0, 0.1) is 0 Å². The van der Waals surface area contributed by atoms with E-state index in [0.29, 0.717) is 0 Å². The first kappa shape index (κ1) is 10.7. The Morgan fingerprint density at radius 2 is 2.08 bits per heavy atom. The lowest BCUT2D eigenvalue weighted by Crippen LogP contribution is -2.30. The molecule has 1 aromatic carbocycles. The molecular formula is C10H13BrFN. The van der Waals surface area contributed by atoms with Gasteiger partial charge in [-0.05, 0) is 31.5 Å². The lowest BCUT2D eigenvalue weighted by molar-refractivity contribution is 0.174. The number of rotatable bonds is 2. The molecule has 0 spiro atoms. The Morgan fingerprint density at radius 3 is 2.54 bits per heavy atom. The number of benzene rings is 1. The van der Waals surface area contributed by atoms with E-state index >= 15 is 0 Å². The van der Waals surface area contributed by atoms with Crippen LogP contribution in [-0.4, -0.2) is 5.67 Å². The van der Waals surface area contributed by atoms with Crippen LogP contribution in [0.1, 0.15) is 25.5 Å². The number of hydrogen-bond donors (Lipinski definition) is 1. The summed E-state index contributed by atoms with van der Waals surface area (Å²) in [5.41, 5.74) is 5.16. The van der Waals surface area contributed by atoms with Crippen molar-refractivity contribution < 1.29 is 4.39 Å². The van der Waals surface area contributed by atoms with Crippen LogP contribution in [0.4, 0.5) is 4.39 Å².